The standard InChI is InChI=1S/C10H12IN3O2/c1-6-9(11)10(16)14(5-12-6)4-8(15)13-7-2-3-7/h5,7H,2-4H2,1H3,(H,13,15). The molecule has 1 aliphatic carbocycles. The van der Waals surface area contributed by atoms with Crippen LogP contribution in [0.1, 0.15) is 18.5 Å². The Morgan fingerprint density at radius 3 is 3.00 bits per heavy atom. The highest BCUT2D eigenvalue weighted by Crippen LogP contribution is 2.18. The molecule has 1 amide bonds. The molecule has 0 unspecified atom stereocenters. The molecule has 2 rings (SSSR count). The maximum atomic E-state index is 11.8. The molecule has 1 N–H and O–H groups in total. The molecule has 1 aromatic heterocycles. The molecule has 1 aliphatic rings. The molecule has 0 aliphatic heterocycles. The number of rotatable bonds is 3. The van der Waals surface area contributed by atoms with Gasteiger partial charge in [-0.05, 0) is 42.4 Å². The number of nitrogens with zero attached hydrogens (tertiary/aromatic N) is 2. The maximum absolute atomic E-state index is 11.8. The summed E-state index contributed by atoms with van der Waals surface area (Å²) in [5.74, 6) is -0.119. The Morgan fingerprint density at radius 2 is 2.38 bits per heavy atom. The van der Waals surface area contributed by atoms with Crippen LogP contribution in [0.15, 0.2) is 11.1 Å². The minimum absolute atomic E-state index is 0.0542. The van der Waals surface area contributed by atoms with E-state index < -0.39 is 0 Å². The summed E-state index contributed by atoms with van der Waals surface area (Å²) in [5, 5.41) is 2.83. The van der Waals surface area contributed by atoms with Crippen molar-refractivity contribution < 1.29 is 4.79 Å². The molecule has 16 heavy (non-hydrogen) atoms. The number of aryl methyl sites for hydroxylation is 1. The minimum Gasteiger partial charge on any atom is -0.352 e. The Kier molecular flexibility index (Phi) is 3.27. The average molecular weight is 333 g/mol. The van der Waals surface area contributed by atoms with Crippen LogP contribution in [0.25, 0.3) is 0 Å². The molecule has 1 saturated carbocycles. The van der Waals surface area contributed by atoms with Crippen LogP contribution in [0, 0.1) is 10.5 Å². The largest absolute Gasteiger partial charge is 0.352 e. The third-order valence-electron chi connectivity index (χ3n) is 2.41. The van der Waals surface area contributed by atoms with Gasteiger partial charge in [0.1, 0.15) is 6.54 Å². The molecule has 0 aromatic carbocycles. The molecule has 1 aromatic rings. The van der Waals surface area contributed by atoms with Crippen LogP contribution in [0.4, 0.5) is 0 Å². The molecule has 5 nitrogen and oxygen atoms in total. The SMILES string of the molecule is Cc1ncn(CC(=O)NC2CC2)c(=O)c1I. The van der Waals surface area contributed by atoms with E-state index in [1.54, 1.807) is 6.92 Å². The van der Waals surface area contributed by atoms with Crippen molar-refractivity contribution in [3.63, 3.8) is 0 Å². The van der Waals surface area contributed by atoms with Gasteiger partial charge in [0.15, 0.2) is 0 Å². The van der Waals surface area contributed by atoms with Gasteiger partial charge >= 0.3 is 0 Å². The van der Waals surface area contributed by atoms with Crippen LogP contribution in [-0.2, 0) is 11.3 Å². The lowest BCUT2D eigenvalue weighted by Crippen LogP contribution is -2.34. The maximum Gasteiger partial charge on any atom is 0.267 e. The second-order valence-corrected chi connectivity index (χ2v) is 5.00. The van der Waals surface area contributed by atoms with Crippen molar-refractivity contribution in [2.45, 2.75) is 32.4 Å². The first-order chi connectivity index (χ1) is 7.58. The summed E-state index contributed by atoms with van der Waals surface area (Å²) in [6.07, 6.45) is 3.51. The highest BCUT2D eigenvalue weighted by Gasteiger charge is 2.23. The summed E-state index contributed by atoms with van der Waals surface area (Å²) in [7, 11) is 0. The van der Waals surface area contributed by atoms with Crippen molar-refractivity contribution >= 4 is 28.5 Å². The second kappa shape index (κ2) is 4.52. The van der Waals surface area contributed by atoms with E-state index in [9.17, 15) is 9.59 Å². The summed E-state index contributed by atoms with van der Waals surface area (Å²) in [5.41, 5.74) is 0.545. The smallest absolute Gasteiger partial charge is 0.267 e. The zero-order chi connectivity index (χ0) is 11.7. The fourth-order valence-electron chi connectivity index (χ4n) is 1.31. The van der Waals surface area contributed by atoms with Gasteiger partial charge in [-0.25, -0.2) is 4.98 Å². The van der Waals surface area contributed by atoms with Crippen LogP contribution < -0.4 is 10.9 Å². The molecule has 86 valence electrons. The molecule has 0 bridgehead atoms. The fourth-order valence-corrected chi connectivity index (χ4v) is 1.76. The van der Waals surface area contributed by atoms with E-state index in [1.165, 1.54) is 10.9 Å². The molecule has 0 spiro atoms. The van der Waals surface area contributed by atoms with Gasteiger partial charge in [-0.3, -0.25) is 14.2 Å². The highest BCUT2D eigenvalue weighted by molar-refractivity contribution is 14.1. The summed E-state index contributed by atoms with van der Waals surface area (Å²) in [6, 6.07) is 0.320. The zero-order valence-corrected chi connectivity index (χ0v) is 11.0. The van der Waals surface area contributed by atoms with Gasteiger partial charge in [0, 0.05) is 6.04 Å². The van der Waals surface area contributed by atoms with Crippen molar-refractivity contribution in [1.82, 2.24) is 14.9 Å². The van der Waals surface area contributed by atoms with Crippen molar-refractivity contribution in [3.8, 4) is 0 Å². The first kappa shape index (κ1) is 11.6. The third-order valence-corrected chi connectivity index (χ3v) is 3.66. The molecular weight excluding hydrogens is 321 g/mol. The Hall–Kier alpha value is -0.920. The second-order valence-electron chi connectivity index (χ2n) is 3.92. The lowest BCUT2D eigenvalue weighted by Gasteiger charge is -2.07. The van der Waals surface area contributed by atoms with Crippen molar-refractivity contribution in [2.24, 2.45) is 0 Å². The van der Waals surface area contributed by atoms with E-state index >= 15 is 0 Å². The third kappa shape index (κ3) is 2.60. The van der Waals surface area contributed by atoms with Gasteiger partial charge in [0.05, 0.1) is 15.6 Å². The molecular formula is C10H12IN3O2. The highest BCUT2D eigenvalue weighted by atomic mass is 127. The first-order valence-corrected chi connectivity index (χ1v) is 6.16. The summed E-state index contributed by atoms with van der Waals surface area (Å²) < 4.78 is 1.91. The van der Waals surface area contributed by atoms with Gasteiger partial charge in [0.2, 0.25) is 5.91 Å². The predicted octanol–water partition coefficient (Wildman–Crippen LogP) is 0.435. The van der Waals surface area contributed by atoms with Crippen LogP contribution in [-0.4, -0.2) is 21.5 Å². The lowest BCUT2D eigenvalue weighted by molar-refractivity contribution is -0.121. The Balaban J connectivity index is 2.11. The number of nitrogens with one attached hydrogen (secondary N) is 1. The van der Waals surface area contributed by atoms with E-state index in [1.807, 2.05) is 22.6 Å². The Bertz CT molecular complexity index is 479. The fraction of sp³-hybridized carbons (Fsp3) is 0.500. The monoisotopic (exact) mass is 333 g/mol. The van der Waals surface area contributed by atoms with E-state index in [0.29, 0.717) is 15.3 Å². The average Bonchev–Trinajstić information content (AvgIpc) is 3.03. The van der Waals surface area contributed by atoms with Gasteiger partial charge < -0.3 is 5.32 Å². The normalized spacial score (nSPS) is 14.9. The molecule has 0 radical (unpaired) electrons. The number of amides is 1. The number of carbonyl (C=O) groups is 1. The number of hydrogen-bond acceptors (Lipinski definition) is 3. The predicted molar refractivity (Wildman–Crippen MR) is 67.1 cm³/mol. The molecule has 1 fully saturated rings. The van der Waals surface area contributed by atoms with Crippen molar-refractivity contribution in [3.05, 3.63) is 25.9 Å². The van der Waals surface area contributed by atoms with Crippen LogP contribution in [0.2, 0.25) is 0 Å². The number of hydrogen-bond donors (Lipinski definition) is 1. The number of halogens is 1. The number of aromatic nitrogens is 2. The topological polar surface area (TPSA) is 64.0 Å². The molecule has 0 atom stereocenters. The molecule has 6 heteroatoms. The van der Waals surface area contributed by atoms with Crippen LogP contribution >= 0.6 is 22.6 Å². The first-order valence-electron chi connectivity index (χ1n) is 5.09. The molecule has 1 heterocycles. The van der Waals surface area contributed by atoms with E-state index in [-0.39, 0.29) is 18.0 Å². The van der Waals surface area contributed by atoms with Crippen molar-refractivity contribution in [1.29, 1.82) is 0 Å². The summed E-state index contributed by atoms with van der Waals surface area (Å²) in [4.78, 5) is 27.3. The van der Waals surface area contributed by atoms with Gasteiger partial charge in [-0.15, -0.1) is 0 Å². The van der Waals surface area contributed by atoms with Crippen LogP contribution in [0.3, 0.4) is 0 Å². The number of carbonyl (C=O) groups excluding carboxylic acids is 1. The zero-order valence-electron chi connectivity index (χ0n) is 8.86. The Labute approximate surface area is 106 Å². The quantitative estimate of drug-likeness (QED) is 0.817. The van der Waals surface area contributed by atoms with Gasteiger partial charge in [0.25, 0.3) is 5.56 Å². The minimum atomic E-state index is -0.154. The van der Waals surface area contributed by atoms with E-state index in [4.69, 9.17) is 0 Å². The van der Waals surface area contributed by atoms with Crippen LogP contribution in [0.5, 0.6) is 0 Å². The van der Waals surface area contributed by atoms with E-state index in [2.05, 4.69) is 10.3 Å². The van der Waals surface area contributed by atoms with Crippen molar-refractivity contribution in [2.75, 3.05) is 0 Å². The Morgan fingerprint density at radius 1 is 1.69 bits per heavy atom. The summed E-state index contributed by atoms with van der Waals surface area (Å²) in [6.45, 7) is 1.83. The lowest BCUT2D eigenvalue weighted by atomic mass is 10.4. The van der Waals surface area contributed by atoms with Gasteiger partial charge in [-0.2, -0.15) is 0 Å². The van der Waals surface area contributed by atoms with E-state index in [0.717, 1.165) is 12.8 Å². The summed E-state index contributed by atoms with van der Waals surface area (Å²) >= 11 is 1.95. The van der Waals surface area contributed by atoms with Gasteiger partial charge in [-0.1, -0.05) is 0 Å². The molecule has 0 saturated heterocycles.